The number of ether oxygens (including phenoxy) is 2. The van der Waals surface area contributed by atoms with Gasteiger partial charge in [-0.25, -0.2) is 0 Å². The Morgan fingerprint density at radius 1 is 1.27 bits per heavy atom. The molecule has 1 amide bonds. The molecule has 0 aromatic heterocycles. The average molecular weight is 363 g/mol. The number of rotatable bonds is 3. The number of fused-ring (bicyclic) bond motifs is 3. The van der Waals surface area contributed by atoms with Gasteiger partial charge in [0.15, 0.2) is 6.29 Å². The van der Waals surface area contributed by atoms with E-state index in [-0.39, 0.29) is 35.0 Å². The lowest BCUT2D eigenvalue weighted by atomic mass is 9.47. The van der Waals surface area contributed by atoms with E-state index in [2.05, 4.69) is 19.9 Å². The first-order valence-electron chi connectivity index (χ1n) is 10.2. The second-order valence-electron chi connectivity index (χ2n) is 9.44. The van der Waals surface area contributed by atoms with Crippen LogP contribution in [0.1, 0.15) is 58.8 Å². The predicted molar refractivity (Wildman–Crippen MR) is 98.0 cm³/mol. The van der Waals surface area contributed by atoms with E-state index in [1.807, 2.05) is 0 Å². The van der Waals surface area contributed by atoms with Crippen LogP contribution in [0.4, 0.5) is 0 Å². The molecule has 3 fully saturated rings. The Labute approximate surface area is 156 Å². The Bertz CT molecular complexity index is 599. The van der Waals surface area contributed by atoms with Gasteiger partial charge in [0, 0.05) is 11.8 Å². The molecule has 3 N–H and O–H groups in total. The molecule has 1 heterocycles. The third-order valence-corrected chi connectivity index (χ3v) is 8.10. The summed E-state index contributed by atoms with van der Waals surface area (Å²) in [6, 6.07) is 0. The van der Waals surface area contributed by atoms with E-state index in [1.165, 1.54) is 5.57 Å². The summed E-state index contributed by atoms with van der Waals surface area (Å²) in [5.74, 6) is 0.939. The molecule has 146 valence electrons. The first-order chi connectivity index (χ1) is 12.3. The fraction of sp³-hybridized carbons (Fsp3) is 0.857. The van der Waals surface area contributed by atoms with E-state index >= 15 is 0 Å². The zero-order valence-electron chi connectivity index (χ0n) is 16.1. The highest BCUT2D eigenvalue weighted by Gasteiger charge is 2.57. The average Bonchev–Trinajstić information content (AvgIpc) is 3.13. The number of allylic oxidation sites excluding steroid dienone is 1. The zero-order chi connectivity index (χ0) is 18.5. The number of hydrogen-bond donors (Lipinski definition) is 2. The number of aliphatic hydroxyl groups is 1. The Balaban J connectivity index is 1.67. The molecule has 0 spiro atoms. The maximum atomic E-state index is 11.9. The number of aliphatic hydroxyl groups excluding tert-OH is 1. The van der Waals surface area contributed by atoms with Crippen LogP contribution in [0.3, 0.4) is 0 Å². The van der Waals surface area contributed by atoms with Crippen LogP contribution in [-0.2, 0) is 14.3 Å². The fourth-order valence-corrected chi connectivity index (χ4v) is 6.62. The molecule has 0 radical (unpaired) electrons. The third-order valence-electron chi connectivity index (χ3n) is 8.10. The maximum Gasteiger partial charge on any atom is 0.217 e. The monoisotopic (exact) mass is 363 g/mol. The van der Waals surface area contributed by atoms with Gasteiger partial charge in [-0.15, -0.1) is 0 Å². The van der Waals surface area contributed by atoms with Crippen molar-refractivity contribution in [3.05, 3.63) is 11.6 Å². The minimum atomic E-state index is -0.223. The van der Waals surface area contributed by atoms with Crippen LogP contribution in [0, 0.1) is 28.6 Å². The van der Waals surface area contributed by atoms with Gasteiger partial charge in [-0.05, 0) is 61.7 Å². The highest BCUT2D eigenvalue weighted by Crippen LogP contribution is 2.62. The second kappa shape index (κ2) is 6.61. The van der Waals surface area contributed by atoms with Gasteiger partial charge in [0.05, 0.1) is 19.3 Å². The van der Waals surface area contributed by atoms with Gasteiger partial charge >= 0.3 is 0 Å². The van der Waals surface area contributed by atoms with Gasteiger partial charge in [-0.1, -0.05) is 25.5 Å². The van der Waals surface area contributed by atoms with Crippen molar-refractivity contribution in [3.8, 4) is 0 Å². The molecule has 4 aliphatic rings. The standard InChI is InChI=1S/C21H33NO4/c1-20-7-5-14(23)11-13(20)3-4-15-16(20)6-8-21(2,17(15)12-18(22)24)19-25-9-10-26-19/h3,14-17,19,23H,4-12H2,1-2H3,(H2,22,24)/t14-,15+,16-,17?,20-,21-/m0/s1. The number of hydrogen-bond acceptors (Lipinski definition) is 4. The molecule has 4 rings (SSSR count). The van der Waals surface area contributed by atoms with Gasteiger partial charge in [-0.2, -0.15) is 0 Å². The first-order valence-corrected chi connectivity index (χ1v) is 10.2. The third kappa shape index (κ3) is 2.83. The minimum absolute atomic E-state index is 0.150. The molecule has 5 nitrogen and oxygen atoms in total. The van der Waals surface area contributed by atoms with E-state index in [1.54, 1.807) is 0 Å². The quantitative estimate of drug-likeness (QED) is 0.756. The highest BCUT2D eigenvalue weighted by molar-refractivity contribution is 5.74. The summed E-state index contributed by atoms with van der Waals surface area (Å²) in [6.07, 6.45) is 8.19. The summed E-state index contributed by atoms with van der Waals surface area (Å²) in [4.78, 5) is 11.9. The van der Waals surface area contributed by atoms with Crippen molar-refractivity contribution in [2.24, 2.45) is 34.3 Å². The SMILES string of the molecule is C[C@]1(C2OCCO2)CC[C@H]2[C@@H](CC=C3C[C@@H](O)CC[C@@]32C)C1CC(N)=O. The smallest absolute Gasteiger partial charge is 0.217 e. The fourth-order valence-electron chi connectivity index (χ4n) is 6.62. The van der Waals surface area contributed by atoms with Gasteiger partial charge < -0.3 is 20.3 Å². The Kier molecular flexibility index (Phi) is 4.69. The minimum Gasteiger partial charge on any atom is -0.393 e. The molecule has 26 heavy (non-hydrogen) atoms. The second-order valence-corrected chi connectivity index (χ2v) is 9.44. The molecule has 0 aromatic carbocycles. The largest absolute Gasteiger partial charge is 0.393 e. The molecule has 1 unspecified atom stereocenters. The lowest BCUT2D eigenvalue weighted by molar-refractivity contribution is -0.189. The molecule has 5 heteroatoms. The molecule has 3 aliphatic carbocycles. The summed E-state index contributed by atoms with van der Waals surface area (Å²) in [5, 5.41) is 10.1. The van der Waals surface area contributed by atoms with Crippen LogP contribution in [0.15, 0.2) is 11.6 Å². The van der Waals surface area contributed by atoms with E-state index in [0.29, 0.717) is 31.5 Å². The summed E-state index contributed by atoms with van der Waals surface area (Å²) in [7, 11) is 0. The summed E-state index contributed by atoms with van der Waals surface area (Å²) >= 11 is 0. The van der Waals surface area contributed by atoms with Gasteiger partial charge in [0.1, 0.15) is 0 Å². The summed E-state index contributed by atoms with van der Waals surface area (Å²) in [5.41, 5.74) is 7.10. The van der Waals surface area contributed by atoms with Crippen LogP contribution in [0.25, 0.3) is 0 Å². The van der Waals surface area contributed by atoms with Crippen LogP contribution in [0.2, 0.25) is 0 Å². The van der Waals surface area contributed by atoms with Crippen molar-refractivity contribution >= 4 is 5.91 Å². The molecule has 0 aromatic rings. The normalized spacial score (nSPS) is 46.3. The van der Waals surface area contributed by atoms with Crippen molar-refractivity contribution in [1.29, 1.82) is 0 Å². The lowest BCUT2D eigenvalue weighted by Gasteiger charge is -2.59. The summed E-state index contributed by atoms with van der Waals surface area (Å²) in [6.45, 7) is 5.89. The maximum absolute atomic E-state index is 11.9. The number of nitrogens with two attached hydrogens (primary N) is 1. The number of carbonyl (C=O) groups is 1. The van der Waals surface area contributed by atoms with Gasteiger partial charge in [-0.3, -0.25) is 4.79 Å². The van der Waals surface area contributed by atoms with Gasteiger partial charge in [0.2, 0.25) is 5.91 Å². The number of carbonyl (C=O) groups excluding carboxylic acids is 1. The molecule has 6 atom stereocenters. The van der Waals surface area contributed by atoms with Crippen molar-refractivity contribution in [1.82, 2.24) is 0 Å². The number of amides is 1. The topological polar surface area (TPSA) is 81.8 Å². The first kappa shape index (κ1) is 18.5. The van der Waals surface area contributed by atoms with E-state index in [4.69, 9.17) is 15.2 Å². The molecule has 1 aliphatic heterocycles. The molecule has 2 saturated carbocycles. The van der Waals surface area contributed by atoms with E-state index in [0.717, 1.165) is 38.5 Å². The molecule has 0 bridgehead atoms. The van der Waals surface area contributed by atoms with Crippen molar-refractivity contribution in [2.45, 2.75) is 71.2 Å². The van der Waals surface area contributed by atoms with Crippen molar-refractivity contribution in [2.75, 3.05) is 13.2 Å². The highest BCUT2D eigenvalue weighted by atomic mass is 16.7. The Morgan fingerprint density at radius 3 is 2.69 bits per heavy atom. The van der Waals surface area contributed by atoms with Crippen LogP contribution in [-0.4, -0.2) is 36.6 Å². The predicted octanol–water partition coefficient (Wildman–Crippen LogP) is 2.76. The van der Waals surface area contributed by atoms with Crippen LogP contribution in [0.5, 0.6) is 0 Å². The number of primary amides is 1. The van der Waals surface area contributed by atoms with Crippen LogP contribution < -0.4 is 5.73 Å². The molecular formula is C21H33NO4. The van der Waals surface area contributed by atoms with E-state index < -0.39 is 0 Å². The zero-order valence-corrected chi connectivity index (χ0v) is 16.1. The van der Waals surface area contributed by atoms with Crippen LogP contribution >= 0.6 is 0 Å². The lowest BCUT2D eigenvalue weighted by Crippen LogP contribution is -2.54. The van der Waals surface area contributed by atoms with Crippen molar-refractivity contribution < 1.29 is 19.4 Å². The molecule has 1 saturated heterocycles. The summed E-state index contributed by atoms with van der Waals surface area (Å²) < 4.78 is 11.8. The van der Waals surface area contributed by atoms with E-state index in [9.17, 15) is 9.90 Å². The Morgan fingerprint density at radius 2 is 2.00 bits per heavy atom. The van der Waals surface area contributed by atoms with Crippen molar-refractivity contribution in [3.63, 3.8) is 0 Å². The molecular weight excluding hydrogens is 330 g/mol. The van der Waals surface area contributed by atoms with Gasteiger partial charge in [0.25, 0.3) is 0 Å². The Hall–Kier alpha value is -0.910.